The molecular weight excluding hydrogens is 298 g/mol. The van der Waals surface area contributed by atoms with Crippen LogP contribution in [0.2, 0.25) is 0 Å². The third-order valence-corrected chi connectivity index (χ3v) is 4.01. The number of aromatic nitrogens is 1. The first-order chi connectivity index (χ1) is 9.40. The van der Waals surface area contributed by atoms with E-state index in [4.69, 9.17) is 0 Å². The van der Waals surface area contributed by atoms with Gasteiger partial charge in [0.2, 0.25) is 10.0 Å². The molecule has 0 aliphatic carbocycles. The summed E-state index contributed by atoms with van der Waals surface area (Å²) >= 11 is 1.68. The Labute approximate surface area is 124 Å². The maximum absolute atomic E-state index is 10.9. The zero-order valence-corrected chi connectivity index (χ0v) is 13.6. The largest absolute Gasteiger partial charge is 0.356 e. The molecule has 0 saturated heterocycles. The Balaban J connectivity index is 2.20. The number of guanidine groups is 1. The van der Waals surface area contributed by atoms with Gasteiger partial charge in [0.05, 0.1) is 11.3 Å². The van der Waals surface area contributed by atoms with Crippen molar-refractivity contribution in [3.8, 4) is 0 Å². The summed E-state index contributed by atoms with van der Waals surface area (Å²) in [5.41, 5.74) is 0. The lowest BCUT2D eigenvalue weighted by Gasteiger charge is -2.11. The quantitative estimate of drug-likeness (QED) is 0.365. The van der Waals surface area contributed by atoms with Gasteiger partial charge in [-0.05, 0) is 6.92 Å². The van der Waals surface area contributed by atoms with Crippen LogP contribution in [0.15, 0.2) is 11.2 Å². The van der Waals surface area contributed by atoms with Gasteiger partial charge < -0.3 is 10.6 Å². The van der Waals surface area contributed by atoms with Crippen LogP contribution in [0.25, 0.3) is 0 Å². The van der Waals surface area contributed by atoms with Gasteiger partial charge in [0.25, 0.3) is 0 Å². The van der Waals surface area contributed by atoms with E-state index in [9.17, 15) is 8.42 Å². The number of thiazole rings is 1. The first-order valence-corrected chi connectivity index (χ1v) is 8.92. The Morgan fingerprint density at radius 1 is 1.35 bits per heavy atom. The fourth-order valence-corrected chi connectivity index (χ4v) is 2.70. The first-order valence-electron chi connectivity index (χ1n) is 6.21. The molecule has 0 aromatic carbocycles. The average Bonchev–Trinajstić information content (AvgIpc) is 2.77. The van der Waals surface area contributed by atoms with Gasteiger partial charge in [0.1, 0.15) is 0 Å². The Kier molecular flexibility index (Phi) is 6.89. The highest BCUT2D eigenvalue weighted by atomic mass is 32.2. The molecule has 1 rings (SSSR count). The standard InChI is InChI=1S/C11H21N5O2S2/c1-9-8-15-10(19-9)4-5-13-11(12-2)14-6-7-16-20(3,17)18/h8,16H,4-7H2,1-3H3,(H2,12,13,14). The van der Waals surface area contributed by atoms with Gasteiger partial charge in [-0.1, -0.05) is 0 Å². The number of aliphatic imine (C=N–C) groups is 1. The number of aryl methyl sites for hydroxylation is 1. The summed E-state index contributed by atoms with van der Waals surface area (Å²) in [5, 5.41) is 7.27. The molecule has 114 valence electrons. The van der Waals surface area contributed by atoms with Gasteiger partial charge in [0.15, 0.2) is 5.96 Å². The molecule has 0 amide bonds. The van der Waals surface area contributed by atoms with Crippen LogP contribution < -0.4 is 15.4 Å². The van der Waals surface area contributed by atoms with Gasteiger partial charge in [-0.25, -0.2) is 18.1 Å². The normalized spacial score (nSPS) is 12.4. The summed E-state index contributed by atoms with van der Waals surface area (Å²) in [6, 6.07) is 0. The molecule has 3 N–H and O–H groups in total. The second kappa shape index (κ2) is 8.18. The monoisotopic (exact) mass is 319 g/mol. The number of hydrogen-bond donors (Lipinski definition) is 3. The van der Waals surface area contributed by atoms with Crippen molar-refractivity contribution in [1.82, 2.24) is 20.3 Å². The highest BCUT2D eigenvalue weighted by molar-refractivity contribution is 7.88. The Bertz CT molecular complexity index is 539. The van der Waals surface area contributed by atoms with Crippen LogP contribution in [-0.2, 0) is 16.4 Å². The molecular formula is C11H21N5O2S2. The van der Waals surface area contributed by atoms with Crippen molar-refractivity contribution in [2.45, 2.75) is 13.3 Å². The van der Waals surface area contributed by atoms with Crippen molar-refractivity contribution >= 4 is 27.3 Å². The van der Waals surface area contributed by atoms with Crippen LogP contribution in [0.4, 0.5) is 0 Å². The minimum Gasteiger partial charge on any atom is -0.356 e. The molecule has 0 spiro atoms. The third-order valence-electron chi connectivity index (χ3n) is 2.31. The maximum atomic E-state index is 10.9. The van der Waals surface area contributed by atoms with E-state index in [1.165, 1.54) is 4.88 Å². The number of sulfonamides is 1. The molecule has 0 unspecified atom stereocenters. The maximum Gasteiger partial charge on any atom is 0.208 e. The van der Waals surface area contributed by atoms with Crippen LogP contribution in [-0.4, -0.2) is 52.3 Å². The lowest BCUT2D eigenvalue weighted by atomic mass is 10.4. The third kappa shape index (κ3) is 7.41. The van der Waals surface area contributed by atoms with Crippen molar-refractivity contribution in [3.05, 3.63) is 16.1 Å². The summed E-state index contributed by atoms with van der Waals surface area (Å²) in [7, 11) is -1.46. The molecule has 1 aromatic heterocycles. The van der Waals surface area contributed by atoms with Crippen LogP contribution in [0, 0.1) is 6.92 Å². The molecule has 1 heterocycles. The molecule has 0 aliphatic heterocycles. The molecule has 0 aliphatic rings. The number of nitrogens with zero attached hydrogens (tertiary/aromatic N) is 2. The van der Waals surface area contributed by atoms with Gasteiger partial charge in [-0.3, -0.25) is 4.99 Å². The van der Waals surface area contributed by atoms with Gasteiger partial charge >= 0.3 is 0 Å². The summed E-state index contributed by atoms with van der Waals surface area (Å²) < 4.78 is 24.2. The lowest BCUT2D eigenvalue weighted by molar-refractivity contribution is 0.586. The van der Waals surface area contributed by atoms with E-state index in [1.807, 2.05) is 13.1 Å². The van der Waals surface area contributed by atoms with Crippen LogP contribution in [0.3, 0.4) is 0 Å². The van der Waals surface area contributed by atoms with E-state index in [0.717, 1.165) is 24.2 Å². The molecule has 0 saturated carbocycles. The fourth-order valence-electron chi connectivity index (χ4n) is 1.44. The molecule has 7 nitrogen and oxygen atoms in total. The van der Waals surface area contributed by atoms with E-state index in [0.29, 0.717) is 19.0 Å². The minimum atomic E-state index is -3.14. The van der Waals surface area contributed by atoms with Crippen molar-refractivity contribution < 1.29 is 8.42 Å². The Hall–Kier alpha value is -1.19. The van der Waals surface area contributed by atoms with E-state index in [1.54, 1.807) is 18.4 Å². The summed E-state index contributed by atoms with van der Waals surface area (Å²) in [6.07, 6.45) is 3.83. The van der Waals surface area contributed by atoms with Crippen molar-refractivity contribution in [1.29, 1.82) is 0 Å². The first kappa shape index (κ1) is 16.9. The number of hydrogen-bond acceptors (Lipinski definition) is 5. The second-order valence-corrected chi connectivity index (χ2v) is 7.36. The van der Waals surface area contributed by atoms with Crippen LogP contribution in [0.1, 0.15) is 9.88 Å². The van der Waals surface area contributed by atoms with Crippen LogP contribution >= 0.6 is 11.3 Å². The summed E-state index contributed by atoms with van der Waals surface area (Å²) in [4.78, 5) is 9.54. The van der Waals surface area contributed by atoms with Gasteiger partial charge in [-0.2, -0.15) is 0 Å². The molecule has 0 fully saturated rings. The number of nitrogens with one attached hydrogen (secondary N) is 3. The van der Waals surface area contributed by atoms with Crippen LogP contribution in [0.5, 0.6) is 0 Å². The number of rotatable bonds is 7. The average molecular weight is 319 g/mol. The van der Waals surface area contributed by atoms with Gasteiger partial charge in [0, 0.05) is 44.2 Å². The summed E-state index contributed by atoms with van der Waals surface area (Å²) in [6.45, 7) is 3.56. The SMILES string of the molecule is CN=C(NCCNS(C)(=O)=O)NCCc1ncc(C)s1. The topological polar surface area (TPSA) is 95.5 Å². The van der Waals surface area contributed by atoms with E-state index in [2.05, 4.69) is 25.3 Å². The van der Waals surface area contributed by atoms with Crippen molar-refractivity contribution in [2.24, 2.45) is 4.99 Å². The van der Waals surface area contributed by atoms with Crippen molar-refractivity contribution in [3.63, 3.8) is 0 Å². The van der Waals surface area contributed by atoms with E-state index < -0.39 is 10.0 Å². The molecule has 20 heavy (non-hydrogen) atoms. The van der Waals surface area contributed by atoms with Crippen molar-refractivity contribution in [2.75, 3.05) is 32.9 Å². The molecule has 9 heteroatoms. The summed E-state index contributed by atoms with van der Waals surface area (Å²) in [5.74, 6) is 0.647. The predicted molar refractivity (Wildman–Crippen MR) is 82.8 cm³/mol. The molecule has 0 radical (unpaired) electrons. The second-order valence-electron chi connectivity index (χ2n) is 4.21. The molecule has 1 aromatic rings. The minimum absolute atomic E-state index is 0.325. The van der Waals surface area contributed by atoms with E-state index in [-0.39, 0.29) is 0 Å². The highest BCUT2D eigenvalue weighted by Crippen LogP contribution is 2.10. The molecule has 0 atom stereocenters. The smallest absolute Gasteiger partial charge is 0.208 e. The highest BCUT2D eigenvalue weighted by Gasteiger charge is 2.02. The van der Waals surface area contributed by atoms with Gasteiger partial charge in [-0.15, -0.1) is 11.3 Å². The predicted octanol–water partition coefficient (Wildman–Crippen LogP) is -0.292. The molecule has 0 bridgehead atoms. The Morgan fingerprint density at radius 3 is 2.60 bits per heavy atom. The van der Waals surface area contributed by atoms with E-state index >= 15 is 0 Å². The lowest BCUT2D eigenvalue weighted by Crippen LogP contribution is -2.42. The zero-order chi connectivity index (χ0) is 15.0. The fraction of sp³-hybridized carbons (Fsp3) is 0.636. The zero-order valence-electron chi connectivity index (χ0n) is 11.9. The Morgan fingerprint density at radius 2 is 2.05 bits per heavy atom.